The molecule has 0 unspecified atom stereocenters. The van der Waals surface area contributed by atoms with E-state index in [0.29, 0.717) is 0 Å². The van der Waals surface area contributed by atoms with E-state index in [9.17, 15) is 19.8 Å². The lowest BCUT2D eigenvalue weighted by molar-refractivity contribution is -0.126. The lowest BCUT2D eigenvalue weighted by Gasteiger charge is -2.19. The first-order valence-electron chi connectivity index (χ1n) is 4.78. The lowest BCUT2D eigenvalue weighted by atomic mass is 10.1. The molecule has 3 atom stereocenters. The summed E-state index contributed by atoms with van der Waals surface area (Å²) < 4.78 is 1.00. The van der Waals surface area contributed by atoms with Crippen molar-refractivity contribution in [3.63, 3.8) is 0 Å². The molecule has 8 heteroatoms. The van der Waals surface area contributed by atoms with E-state index in [1.807, 2.05) is 0 Å². The van der Waals surface area contributed by atoms with E-state index in [1.54, 1.807) is 0 Å². The zero-order valence-corrected chi connectivity index (χ0v) is 8.80. The second-order valence-electron chi connectivity index (χ2n) is 3.47. The zero-order chi connectivity index (χ0) is 13.0. The number of carbonyl (C=O) groups is 1. The highest BCUT2D eigenvalue weighted by Gasteiger charge is 2.24. The van der Waals surface area contributed by atoms with Crippen molar-refractivity contribution in [2.45, 2.75) is 24.9 Å². The van der Waals surface area contributed by atoms with E-state index >= 15 is 0 Å². The van der Waals surface area contributed by atoms with Gasteiger partial charge in [0, 0.05) is 6.20 Å². The first-order valence-corrected chi connectivity index (χ1v) is 4.78. The lowest BCUT2D eigenvalue weighted by Crippen LogP contribution is -2.42. The van der Waals surface area contributed by atoms with Crippen LogP contribution in [0.15, 0.2) is 17.1 Å². The van der Waals surface area contributed by atoms with E-state index in [1.165, 1.54) is 12.3 Å². The summed E-state index contributed by atoms with van der Waals surface area (Å²) in [6.07, 6.45) is -3.47. The van der Waals surface area contributed by atoms with Crippen LogP contribution in [0.5, 0.6) is 0 Å². The van der Waals surface area contributed by atoms with Crippen LogP contribution in [0.1, 0.15) is 0 Å². The van der Waals surface area contributed by atoms with Gasteiger partial charge < -0.3 is 25.8 Å². The van der Waals surface area contributed by atoms with Crippen molar-refractivity contribution >= 4 is 12.1 Å². The van der Waals surface area contributed by atoms with Gasteiger partial charge in [-0.05, 0) is 6.07 Å². The van der Waals surface area contributed by atoms with Crippen molar-refractivity contribution in [1.29, 1.82) is 0 Å². The summed E-state index contributed by atoms with van der Waals surface area (Å²) in [6, 6.07) is 1.34. The number of hydrogen-bond donors (Lipinski definition) is 4. The molecule has 5 N–H and O–H groups in total. The van der Waals surface area contributed by atoms with Crippen molar-refractivity contribution < 1.29 is 20.1 Å². The maximum absolute atomic E-state index is 11.3. The third-order valence-corrected chi connectivity index (χ3v) is 2.16. The first kappa shape index (κ1) is 13.3. The van der Waals surface area contributed by atoms with Crippen LogP contribution in [-0.2, 0) is 11.3 Å². The van der Waals surface area contributed by atoms with Crippen LogP contribution in [0.2, 0.25) is 0 Å². The van der Waals surface area contributed by atoms with Crippen molar-refractivity contribution in [3.8, 4) is 0 Å². The van der Waals surface area contributed by atoms with Gasteiger partial charge in [-0.1, -0.05) is 0 Å². The van der Waals surface area contributed by atoms with E-state index in [-0.39, 0.29) is 18.6 Å². The number of anilines is 1. The molecule has 0 aliphatic rings. The highest BCUT2D eigenvalue weighted by atomic mass is 16.4. The number of rotatable bonds is 5. The van der Waals surface area contributed by atoms with E-state index in [0.717, 1.165) is 4.57 Å². The fourth-order valence-corrected chi connectivity index (χ4v) is 1.20. The fraction of sp³-hybridized carbons (Fsp3) is 0.444. The molecule has 0 fully saturated rings. The van der Waals surface area contributed by atoms with Gasteiger partial charge >= 0.3 is 5.69 Å². The molecule has 0 aliphatic heterocycles. The molecule has 94 valence electrons. The van der Waals surface area contributed by atoms with Crippen LogP contribution in [0.25, 0.3) is 0 Å². The smallest absolute Gasteiger partial charge is 0.349 e. The van der Waals surface area contributed by atoms with Crippen LogP contribution in [0.4, 0.5) is 5.82 Å². The van der Waals surface area contributed by atoms with Crippen LogP contribution in [0.3, 0.4) is 0 Å². The van der Waals surface area contributed by atoms with Gasteiger partial charge in [0.15, 0.2) is 6.29 Å². The predicted molar refractivity (Wildman–Crippen MR) is 57.0 cm³/mol. The molecular weight excluding hydrogens is 230 g/mol. The topological polar surface area (TPSA) is 139 Å². The molecule has 1 aromatic heterocycles. The summed E-state index contributed by atoms with van der Waals surface area (Å²) in [5, 5.41) is 27.8. The maximum atomic E-state index is 11.3. The van der Waals surface area contributed by atoms with Gasteiger partial charge in [-0.15, -0.1) is 0 Å². The Labute approximate surface area is 96.0 Å². The van der Waals surface area contributed by atoms with E-state index in [2.05, 4.69) is 4.98 Å². The normalized spacial score (nSPS) is 16.2. The molecule has 0 amide bonds. The Bertz CT molecular complexity index is 447. The highest BCUT2D eigenvalue weighted by molar-refractivity contribution is 5.56. The number of hydrogen-bond acceptors (Lipinski definition) is 7. The molecule has 17 heavy (non-hydrogen) atoms. The number of aldehydes is 1. The van der Waals surface area contributed by atoms with Gasteiger partial charge in [0.1, 0.15) is 24.1 Å². The summed E-state index contributed by atoms with van der Waals surface area (Å²) in [6.45, 7) is -0.307. The summed E-state index contributed by atoms with van der Waals surface area (Å²) in [4.78, 5) is 24.9. The predicted octanol–water partition coefficient (Wildman–Crippen LogP) is -2.89. The monoisotopic (exact) mass is 243 g/mol. The molecule has 0 aliphatic carbocycles. The highest BCUT2D eigenvalue weighted by Crippen LogP contribution is 2.01. The van der Waals surface area contributed by atoms with Crippen LogP contribution < -0.4 is 11.4 Å². The number of nitrogen functional groups attached to an aromatic ring is 1. The van der Waals surface area contributed by atoms with Gasteiger partial charge in [-0.25, -0.2) is 4.79 Å². The third kappa shape index (κ3) is 3.34. The van der Waals surface area contributed by atoms with E-state index < -0.39 is 24.0 Å². The molecule has 0 saturated carbocycles. The molecule has 1 rings (SSSR count). The summed E-state index contributed by atoms with van der Waals surface area (Å²) in [5.74, 6) is 0.0363. The molecule has 0 radical (unpaired) electrons. The molecule has 1 aromatic rings. The second-order valence-corrected chi connectivity index (χ2v) is 3.47. The number of aromatic nitrogens is 2. The molecular formula is C9H13N3O5. The summed E-state index contributed by atoms with van der Waals surface area (Å²) in [5.41, 5.74) is 4.57. The van der Waals surface area contributed by atoms with Crippen molar-refractivity contribution in [2.24, 2.45) is 0 Å². The Morgan fingerprint density at radius 1 is 1.47 bits per heavy atom. The van der Waals surface area contributed by atoms with Crippen LogP contribution in [-0.4, -0.2) is 49.5 Å². The Morgan fingerprint density at radius 3 is 2.65 bits per heavy atom. The minimum absolute atomic E-state index is 0.0363. The summed E-state index contributed by atoms with van der Waals surface area (Å²) in [7, 11) is 0. The summed E-state index contributed by atoms with van der Waals surface area (Å²) >= 11 is 0. The van der Waals surface area contributed by atoms with Crippen LogP contribution in [0, 0.1) is 0 Å². The van der Waals surface area contributed by atoms with Crippen molar-refractivity contribution in [3.05, 3.63) is 22.7 Å². The quantitative estimate of drug-likeness (QED) is 0.407. The number of aliphatic hydroxyl groups is 3. The Hall–Kier alpha value is -1.77. The van der Waals surface area contributed by atoms with E-state index in [4.69, 9.17) is 10.8 Å². The average molecular weight is 243 g/mol. The second kappa shape index (κ2) is 5.53. The van der Waals surface area contributed by atoms with Gasteiger partial charge in [-0.2, -0.15) is 4.98 Å². The van der Waals surface area contributed by atoms with Gasteiger partial charge in [0.2, 0.25) is 0 Å². The minimum atomic E-state index is -1.71. The fourth-order valence-electron chi connectivity index (χ4n) is 1.20. The van der Waals surface area contributed by atoms with Crippen molar-refractivity contribution in [1.82, 2.24) is 9.55 Å². The Kier molecular flexibility index (Phi) is 4.32. The average Bonchev–Trinajstić information content (AvgIpc) is 2.30. The molecule has 0 aromatic carbocycles. The Balaban J connectivity index is 2.77. The van der Waals surface area contributed by atoms with Gasteiger partial charge in [0.05, 0.1) is 6.54 Å². The largest absolute Gasteiger partial charge is 0.388 e. The number of nitrogens with two attached hydrogens (primary N) is 1. The number of carbonyl (C=O) groups excluding carboxylic acids is 1. The van der Waals surface area contributed by atoms with Gasteiger partial charge in [-0.3, -0.25) is 4.57 Å². The molecule has 0 saturated heterocycles. The maximum Gasteiger partial charge on any atom is 0.349 e. The van der Waals surface area contributed by atoms with Crippen LogP contribution >= 0.6 is 0 Å². The molecule has 1 heterocycles. The molecule has 0 spiro atoms. The SMILES string of the molecule is Nc1ccn(C[C@@H](O)[C@@H](O)[C@@H](O)C=O)c(=O)n1. The van der Waals surface area contributed by atoms with Gasteiger partial charge in [0.25, 0.3) is 0 Å². The number of nitrogens with zero attached hydrogens (tertiary/aromatic N) is 2. The molecule has 0 bridgehead atoms. The Morgan fingerprint density at radius 2 is 2.12 bits per heavy atom. The third-order valence-electron chi connectivity index (χ3n) is 2.16. The first-order chi connectivity index (χ1) is 7.95. The zero-order valence-electron chi connectivity index (χ0n) is 8.80. The van der Waals surface area contributed by atoms with Crippen molar-refractivity contribution in [2.75, 3.05) is 5.73 Å². The number of aliphatic hydroxyl groups excluding tert-OH is 3. The minimum Gasteiger partial charge on any atom is -0.388 e. The standard InChI is InChI=1S/C9H13N3O5/c10-7-1-2-12(9(17)11-7)3-5(14)8(16)6(15)4-13/h1-2,4-6,8,14-16H,3H2,(H2,10,11,17)/t5-,6+,8-/m1/s1. The molecule has 8 nitrogen and oxygen atoms in total.